The molecule has 144 valence electrons. The summed E-state index contributed by atoms with van der Waals surface area (Å²) in [7, 11) is 0. The van der Waals surface area contributed by atoms with Crippen LogP contribution in [0.1, 0.15) is 44.2 Å². The number of carbonyl (C=O) groups is 3. The molecule has 3 aromatic rings. The molecule has 0 radical (unpaired) electrons. The van der Waals surface area contributed by atoms with Crippen molar-refractivity contribution in [1.29, 1.82) is 0 Å². The summed E-state index contributed by atoms with van der Waals surface area (Å²) in [5.74, 6) is -1.53. The highest BCUT2D eigenvalue weighted by Crippen LogP contribution is 2.28. The summed E-state index contributed by atoms with van der Waals surface area (Å²) in [6.07, 6.45) is 0.108. The molecular weight excluding hydrogens is 366 g/mol. The summed E-state index contributed by atoms with van der Waals surface area (Å²) in [5.41, 5.74) is 2.66. The summed E-state index contributed by atoms with van der Waals surface area (Å²) in [4.78, 5) is 38.3. The van der Waals surface area contributed by atoms with E-state index in [2.05, 4.69) is 0 Å². The topological polar surface area (TPSA) is 63.7 Å². The second kappa shape index (κ2) is 8.10. The van der Waals surface area contributed by atoms with E-state index in [0.29, 0.717) is 11.1 Å². The van der Waals surface area contributed by atoms with Crippen molar-refractivity contribution in [2.75, 3.05) is 6.73 Å². The van der Waals surface area contributed by atoms with E-state index in [0.717, 1.165) is 16.0 Å². The molecule has 5 nitrogen and oxygen atoms in total. The van der Waals surface area contributed by atoms with Gasteiger partial charge in [0.05, 0.1) is 17.5 Å². The van der Waals surface area contributed by atoms with Gasteiger partial charge in [-0.05, 0) is 23.3 Å². The van der Waals surface area contributed by atoms with Crippen LogP contribution in [0.15, 0.2) is 84.9 Å². The summed E-state index contributed by atoms with van der Waals surface area (Å²) in [6.45, 7) is -0.387. The molecule has 1 aliphatic heterocycles. The van der Waals surface area contributed by atoms with Crippen molar-refractivity contribution in [2.24, 2.45) is 0 Å². The molecule has 2 amide bonds. The maximum atomic E-state index is 12.6. The van der Waals surface area contributed by atoms with E-state index in [1.807, 2.05) is 60.7 Å². The number of fused-ring (bicyclic) bond motifs is 1. The predicted molar refractivity (Wildman–Crippen MR) is 107 cm³/mol. The number of esters is 1. The van der Waals surface area contributed by atoms with Crippen molar-refractivity contribution in [3.05, 3.63) is 107 Å². The number of imide groups is 1. The Morgan fingerprint density at radius 3 is 1.66 bits per heavy atom. The summed E-state index contributed by atoms with van der Waals surface area (Å²) in [5, 5.41) is 0. The van der Waals surface area contributed by atoms with Gasteiger partial charge in [0.15, 0.2) is 6.73 Å². The lowest BCUT2D eigenvalue weighted by atomic mass is 9.89. The number of nitrogens with zero attached hydrogens (tertiary/aromatic N) is 1. The zero-order valence-electron chi connectivity index (χ0n) is 15.7. The van der Waals surface area contributed by atoms with Crippen LogP contribution in [0.2, 0.25) is 0 Å². The van der Waals surface area contributed by atoms with E-state index in [4.69, 9.17) is 4.74 Å². The van der Waals surface area contributed by atoms with Gasteiger partial charge in [0.25, 0.3) is 11.8 Å². The third-order valence-corrected chi connectivity index (χ3v) is 5.01. The molecule has 0 saturated heterocycles. The lowest BCUT2D eigenvalue weighted by Crippen LogP contribution is -2.33. The Hall–Kier alpha value is -3.73. The van der Waals surface area contributed by atoms with E-state index in [1.165, 1.54) is 0 Å². The summed E-state index contributed by atoms with van der Waals surface area (Å²) in [6, 6.07) is 26.0. The van der Waals surface area contributed by atoms with Gasteiger partial charge in [-0.15, -0.1) is 0 Å². The fraction of sp³-hybridized carbons (Fsp3) is 0.125. The van der Waals surface area contributed by atoms with Crippen molar-refractivity contribution in [3.8, 4) is 0 Å². The first-order chi connectivity index (χ1) is 14.1. The Morgan fingerprint density at radius 2 is 1.17 bits per heavy atom. The Labute approximate surface area is 168 Å². The van der Waals surface area contributed by atoms with Crippen LogP contribution in [-0.2, 0) is 9.53 Å². The maximum Gasteiger partial charge on any atom is 0.308 e. The van der Waals surface area contributed by atoms with Crippen LogP contribution in [0.4, 0.5) is 0 Å². The van der Waals surface area contributed by atoms with E-state index in [1.54, 1.807) is 24.3 Å². The number of benzene rings is 3. The van der Waals surface area contributed by atoms with E-state index >= 15 is 0 Å². The molecule has 4 rings (SSSR count). The highest BCUT2D eigenvalue weighted by Gasteiger charge is 2.35. The molecular formula is C24H19NO4. The van der Waals surface area contributed by atoms with Gasteiger partial charge in [-0.1, -0.05) is 72.8 Å². The van der Waals surface area contributed by atoms with Crippen LogP contribution >= 0.6 is 0 Å². The Morgan fingerprint density at radius 1 is 0.724 bits per heavy atom. The molecule has 0 atom stereocenters. The summed E-state index contributed by atoms with van der Waals surface area (Å²) < 4.78 is 5.32. The van der Waals surface area contributed by atoms with Gasteiger partial charge >= 0.3 is 5.97 Å². The molecule has 0 N–H and O–H groups in total. The van der Waals surface area contributed by atoms with Crippen molar-refractivity contribution in [3.63, 3.8) is 0 Å². The number of carbonyl (C=O) groups excluding carboxylic acids is 3. The van der Waals surface area contributed by atoms with Gasteiger partial charge in [-0.3, -0.25) is 14.4 Å². The number of rotatable bonds is 6. The third-order valence-electron chi connectivity index (χ3n) is 5.01. The molecule has 0 unspecified atom stereocenters. The second-order valence-corrected chi connectivity index (χ2v) is 6.81. The van der Waals surface area contributed by atoms with Crippen molar-refractivity contribution >= 4 is 17.8 Å². The van der Waals surface area contributed by atoms with Crippen LogP contribution < -0.4 is 0 Å². The normalized spacial score (nSPS) is 12.9. The standard InChI is InChI=1S/C24H19NO4/c26-22(29-16-25-23(27)19-13-7-8-14-20(19)24(25)28)15-21(17-9-3-1-4-10-17)18-11-5-2-6-12-18/h1-14,21H,15-16H2. The monoisotopic (exact) mass is 385 g/mol. The molecule has 0 bridgehead atoms. The first-order valence-corrected chi connectivity index (χ1v) is 9.36. The Balaban J connectivity index is 1.46. The third kappa shape index (κ3) is 3.80. The predicted octanol–water partition coefficient (Wildman–Crippen LogP) is 4.01. The second-order valence-electron chi connectivity index (χ2n) is 6.81. The Kier molecular flexibility index (Phi) is 5.20. The van der Waals surface area contributed by atoms with Gasteiger partial charge in [-0.25, -0.2) is 4.90 Å². The minimum Gasteiger partial charge on any atom is -0.444 e. The van der Waals surface area contributed by atoms with Crippen molar-refractivity contribution in [1.82, 2.24) is 4.90 Å². The number of ether oxygens (including phenoxy) is 1. The average molecular weight is 385 g/mol. The van der Waals surface area contributed by atoms with Crippen LogP contribution in [0.3, 0.4) is 0 Å². The Bertz CT molecular complexity index is 972. The number of amides is 2. The average Bonchev–Trinajstić information content (AvgIpc) is 3.02. The zero-order valence-corrected chi connectivity index (χ0v) is 15.7. The number of hydrogen-bond donors (Lipinski definition) is 0. The molecule has 0 saturated carbocycles. The van der Waals surface area contributed by atoms with E-state index in [9.17, 15) is 14.4 Å². The zero-order chi connectivity index (χ0) is 20.2. The molecule has 0 fully saturated rings. The molecule has 0 aliphatic carbocycles. The SMILES string of the molecule is O=C(CC(c1ccccc1)c1ccccc1)OCN1C(=O)c2ccccc2C1=O. The van der Waals surface area contributed by atoms with Gasteiger partial charge in [0.1, 0.15) is 0 Å². The van der Waals surface area contributed by atoms with Crippen LogP contribution in [0.25, 0.3) is 0 Å². The van der Waals surface area contributed by atoms with Crippen LogP contribution in [-0.4, -0.2) is 29.4 Å². The maximum absolute atomic E-state index is 12.6. The van der Waals surface area contributed by atoms with Crippen LogP contribution in [0.5, 0.6) is 0 Å². The first kappa shape index (κ1) is 18.6. The quantitative estimate of drug-likeness (QED) is 0.475. The molecule has 0 aromatic heterocycles. The molecule has 0 spiro atoms. The van der Waals surface area contributed by atoms with E-state index in [-0.39, 0.29) is 19.1 Å². The fourth-order valence-electron chi connectivity index (χ4n) is 3.52. The summed E-state index contributed by atoms with van der Waals surface area (Å²) >= 11 is 0. The highest BCUT2D eigenvalue weighted by atomic mass is 16.5. The first-order valence-electron chi connectivity index (χ1n) is 9.36. The number of hydrogen-bond acceptors (Lipinski definition) is 4. The van der Waals surface area contributed by atoms with Crippen LogP contribution in [0, 0.1) is 0 Å². The van der Waals surface area contributed by atoms with Gasteiger partial charge < -0.3 is 4.74 Å². The molecule has 3 aromatic carbocycles. The van der Waals surface area contributed by atoms with Gasteiger partial charge in [-0.2, -0.15) is 0 Å². The minimum absolute atomic E-state index is 0.108. The van der Waals surface area contributed by atoms with Gasteiger partial charge in [0, 0.05) is 5.92 Å². The lowest BCUT2D eigenvalue weighted by Gasteiger charge is -2.19. The lowest BCUT2D eigenvalue weighted by molar-refractivity contribution is -0.146. The van der Waals surface area contributed by atoms with E-state index < -0.39 is 17.8 Å². The largest absolute Gasteiger partial charge is 0.444 e. The van der Waals surface area contributed by atoms with Gasteiger partial charge in [0.2, 0.25) is 0 Å². The molecule has 1 heterocycles. The van der Waals surface area contributed by atoms with Crippen molar-refractivity contribution < 1.29 is 19.1 Å². The molecule has 1 aliphatic rings. The minimum atomic E-state index is -0.473. The molecule has 5 heteroatoms. The fourth-order valence-corrected chi connectivity index (χ4v) is 3.52. The smallest absolute Gasteiger partial charge is 0.308 e. The molecule has 29 heavy (non-hydrogen) atoms. The highest BCUT2D eigenvalue weighted by molar-refractivity contribution is 6.21. The van der Waals surface area contributed by atoms with Crippen molar-refractivity contribution in [2.45, 2.75) is 12.3 Å².